The third-order valence-electron chi connectivity index (χ3n) is 2.21. The molecular weight excluding hydrogens is 260 g/mol. The van der Waals surface area contributed by atoms with Crippen LogP contribution in [0.1, 0.15) is 17.3 Å². The second-order valence-corrected chi connectivity index (χ2v) is 5.11. The Hall–Kier alpha value is -1.33. The van der Waals surface area contributed by atoms with Crippen molar-refractivity contribution in [1.29, 1.82) is 0 Å². The molecule has 0 bridgehead atoms. The van der Waals surface area contributed by atoms with Gasteiger partial charge in [-0.3, -0.25) is 0 Å². The van der Waals surface area contributed by atoms with Gasteiger partial charge in [-0.15, -0.1) is 21.8 Å². The van der Waals surface area contributed by atoms with Crippen LogP contribution in [0.15, 0.2) is 18.2 Å². The van der Waals surface area contributed by atoms with Crippen LogP contribution in [-0.2, 0) is 0 Å². The number of hydrogen-bond acceptors (Lipinski definition) is 5. The van der Waals surface area contributed by atoms with Crippen molar-refractivity contribution in [3.8, 4) is 22.1 Å². The van der Waals surface area contributed by atoms with Crippen LogP contribution < -0.4 is 4.74 Å². The first-order chi connectivity index (χ1) is 8.11. The molecule has 6 heteroatoms. The number of aromatic hydroxyl groups is 1. The first-order valence-corrected chi connectivity index (χ1v) is 6.22. The number of rotatable bonds is 3. The predicted molar refractivity (Wildman–Crippen MR) is 67.8 cm³/mol. The summed E-state index contributed by atoms with van der Waals surface area (Å²) >= 11 is 7.33. The largest absolute Gasteiger partial charge is 0.504 e. The zero-order chi connectivity index (χ0) is 12.4. The molecule has 17 heavy (non-hydrogen) atoms. The van der Waals surface area contributed by atoms with Gasteiger partial charge in [-0.05, 0) is 25.1 Å². The number of alkyl halides is 1. The average molecular weight is 271 g/mol. The summed E-state index contributed by atoms with van der Waals surface area (Å²) < 4.78 is 4.98. The molecule has 0 saturated heterocycles. The minimum Gasteiger partial charge on any atom is -0.504 e. The van der Waals surface area contributed by atoms with Crippen LogP contribution in [0.5, 0.6) is 11.5 Å². The molecule has 1 heterocycles. The summed E-state index contributed by atoms with van der Waals surface area (Å²) in [6, 6.07) is 5.11. The number of phenolic OH excluding ortho intramolecular Hbond substituents is 1. The second kappa shape index (κ2) is 4.89. The van der Waals surface area contributed by atoms with Gasteiger partial charge >= 0.3 is 0 Å². The summed E-state index contributed by atoms with van der Waals surface area (Å²) in [5.41, 5.74) is 0.796. The maximum Gasteiger partial charge on any atom is 0.160 e. The molecule has 0 saturated carbocycles. The van der Waals surface area contributed by atoms with Crippen LogP contribution >= 0.6 is 22.9 Å². The molecule has 0 aliphatic rings. The van der Waals surface area contributed by atoms with Gasteiger partial charge in [0.25, 0.3) is 0 Å². The molecule has 1 aromatic heterocycles. The lowest BCUT2D eigenvalue weighted by Crippen LogP contribution is -1.84. The van der Waals surface area contributed by atoms with Crippen LogP contribution in [0.4, 0.5) is 0 Å². The normalized spacial score (nSPS) is 12.4. The van der Waals surface area contributed by atoms with E-state index in [9.17, 15) is 5.11 Å². The summed E-state index contributed by atoms with van der Waals surface area (Å²) in [4.78, 5) is 0. The first-order valence-electron chi connectivity index (χ1n) is 4.96. The van der Waals surface area contributed by atoms with E-state index in [2.05, 4.69) is 10.2 Å². The average Bonchev–Trinajstić information content (AvgIpc) is 2.78. The number of aromatic nitrogens is 2. The fourth-order valence-corrected chi connectivity index (χ4v) is 2.28. The molecule has 2 rings (SSSR count). The monoisotopic (exact) mass is 270 g/mol. The smallest absolute Gasteiger partial charge is 0.160 e. The Balaban J connectivity index is 2.36. The van der Waals surface area contributed by atoms with E-state index in [0.29, 0.717) is 5.75 Å². The molecule has 2 aromatic rings. The fraction of sp³-hybridized carbons (Fsp3) is 0.273. The van der Waals surface area contributed by atoms with Crippen molar-refractivity contribution in [2.24, 2.45) is 0 Å². The Morgan fingerprint density at radius 1 is 1.41 bits per heavy atom. The second-order valence-electron chi connectivity index (χ2n) is 3.45. The number of ether oxygens (including phenoxy) is 1. The number of nitrogens with zero attached hydrogens (tertiary/aromatic N) is 2. The Bertz CT molecular complexity index is 528. The summed E-state index contributed by atoms with van der Waals surface area (Å²) in [5.74, 6) is 0.518. The summed E-state index contributed by atoms with van der Waals surface area (Å²) in [7, 11) is 1.51. The molecule has 4 nitrogen and oxygen atoms in total. The number of benzene rings is 1. The van der Waals surface area contributed by atoms with Gasteiger partial charge in [-0.1, -0.05) is 11.3 Å². The Kier molecular flexibility index (Phi) is 3.49. The zero-order valence-electron chi connectivity index (χ0n) is 9.35. The fourth-order valence-electron chi connectivity index (χ4n) is 1.34. The van der Waals surface area contributed by atoms with Crippen LogP contribution in [0.3, 0.4) is 0 Å². The number of methoxy groups -OCH3 is 1. The Labute approximate surface area is 108 Å². The molecule has 0 aliphatic carbocycles. The predicted octanol–water partition coefficient (Wildman–Crippen LogP) is 3.22. The maximum atomic E-state index is 9.67. The minimum absolute atomic E-state index is 0.0840. The highest BCUT2D eigenvalue weighted by atomic mass is 35.5. The highest BCUT2D eigenvalue weighted by molar-refractivity contribution is 7.15. The summed E-state index contributed by atoms with van der Waals surface area (Å²) in [6.45, 7) is 1.84. The van der Waals surface area contributed by atoms with E-state index < -0.39 is 0 Å². The van der Waals surface area contributed by atoms with Gasteiger partial charge in [0.05, 0.1) is 12.5 Å². The van der Waals surface area contributed by atoms with Gasteiger partial charge in [0.15, 0.2) is 11.5 Å². The van der Waals surface area contributed by atoms with Gasteiger partial charge in [0.1, 0.15) is 10.0 Å². The molecule has 0 spiro atoms. The minimum atomic E-state index is -0.159. The quantitative estimate of drug-likeness (QED) is 0.870. The molecule has 1 atom stereocenters. The SMILES string of the molecule is COc1ccc(-c2nnc(C(C)Cl)s2)cc1O. The number of phenols is 1. The molecule has 1 unspecified atom stereocenters. The van der Waals surface area contributed by atoms with Crippen molar-refractivity contribution in [1.82, 2.24) is 10.2 Å². The molecule has 0 radical (unpaired) electrons. The maximum absolute atomic E-state index is 9.67. The Morgan fingerprint density at radius 3 is 2.71 bits per heavy atom. The lowest BCUT2D eigenvalue weighted by atomic mass is 10.2. The van der Waals surface area contributed by atoms with E-state index in [4.69, 9.17) is 16.3 Å². The van der Waals surface area contributed by atoms with Gasteiger partial charge in [0.2, 0.25) is 0 Å². The molecule has 0 aliphatic heterocycles. The molecule has 90 valence electrons. The first kappa shape index (κ1) is 12.1. The van der Waals surface area contributed by atoms with Gasteiger partial charge in [-0.25, -0.2) is 0 Å². The topological polar surface area (TPSA) is 55.2 Å². The van der Waals surface area contributed by atoms with Crippen molar-refractivity contribution in [3.63, 3.8) is 0 Å². The third kappa shape index (κ3) is 2.50. The summed E-state index contributed by atoms with van der Waals surface area (Å²) in [6.07, 6.45) is 0. The van der Waals surface area contributed by atoms with Crippen LogP contribution in [0.25, 0.3) is 10.6 Å². The van der Waals surface area contributed by atoms with Crippen LogP contribution in [-0.4, -0.2) is 22.4 Å². The summed E-state index contributed by atoms with van der Waals surface area (Å²) in [5, 5.41) is 19.0. The van der Waals surface area contributed by atoms with E-state index in [0.717, 1.165) is 15.6 Å². The van der Waals surface area contributed by atoms with E-state index >= 15 is 0 Å². The molecule has 1 N–H and O–H groups in total. The highest BCUT2D eigenvalue weighted by Crippen LogP contribution is 2.34. The van der Waals surface area contributed by atoms with Gasteiger partial charge in [0, 0.05) is 5.56 Å². The van der Waals surface area contributed by atoms with Crippen LogP contribution in [0.2, 0.25) is 0 Å². The number of hydrogen-bond donors (Lipinski definition) is 1. The number of halogens is 1. The van der Waals surface area contributed by atoms with Gasteiger partial charge in [-0.2, -0.15) is 0 Å². The van der Waals surface area contributed by atoms with Gasteiger partial charge < -0.3 is 9.84 Å². The van der Waals surface area contributed by atoms with Crippen molar-refractivity contribution in [2.45, 2.75) is 12.3 Å². The van der Waals surface area contributed by atoms with Crippen molar-refractivity contribution >= 4 is 22.9 Å². The van der Waals surface area contributed by atoms with Crippen molar-refractivity contribution in [3.05, 3.63) is 23.2 Å². The van der Waals surface area contributed by atoms with E-state index in [-0.39, 0.29) is 11.1 Å². The highest BCUT2D eigenvalue weighted by Gasteiger charge is 2.12. The molecule has 1 aromatic carbocycles. The molecule has 0 fully saturated rings. The standard InChI is InChI=1S/C11H11ClN2O2S/c1-6(12)10-13-14-11(17-10)7-3-4-9(16-2)8(15)5-7/h3-6,15H,1-2H3. The van der Waals surface area contributed by atoms with Crippen molar-refractivity contribution < 1.29 is 9.84 Å². The molecule has 0 amide bonds. The lowest BCUT2D eigenvalue weighted by molar-refractivity contribution is 0.373. The van der Waals surface area contributed by atoms with Crippen LogP contribution in [0, 0.1) is 0 Å². The zero-order valence-corrected chi connectivity index (χ0v) is 10.9. The van der Waals surface area contributed by atoms with Crippen molar-refractivity contribution in [2.75, 3.05) is 7.11 Å². The molecular formula is C11H11ClN2O2S. The third-order valence-corrected chi connectivity index (χ3v) is 3.70. The lowest BCUT2D eigenvalue weighted by Gasteiger charge is -2.03. The van der Waals surface area contributed by atoms with E-state index in [1.54, 1.807) is 12.1 Å². The Morgan fingerprint density at radius 2 is 2.18 bits per heavy atom. The van der Waals surface area contributed by atoms with E-state index in [1.165, 1.54) is 18.4 Å². The van der Waals surface area contributed by atoms with E-state index in [1.807, 2.05) is 13.0 Å².